The third kappa shape index (κ3) is 3.93. The molecule has 3 heteroatoms. The number of hydrogen-bond acceptors (Lipinski definition) is 2. The number of aryl methyl sites for hydroxylation is 1. The zero-order valence-corrected chi connectivity index (χ0v) is 14.0. The maximum atomic E-state index is 12.2. The summed E-state index contributed by atoms with van der Waals surface area (Å²) in [5, 5.41) is 5.17. The van der Waals surface area contributed by atoms with E-state index in [1.807, 2.05) is 61.5 Å². The molecule has 3 aromatic carbocycles. The summed E-state index contributed by atoms with van der Waals surface area (Å²) in [6.07, 6.45) is -0.545. The van der Waals surface area contributed by atoms with Crippen molar-refractivity contribution in [2.24, 2.45) is 0 Å². The van der Waals surface area contributed by atoms with Crippen molar-refractivity contribution in [3.8, 4) is 5.75 Å². The van der Waals surface area contributed by atoms with Gasteiger partial charge < -0.3 is 10.1 Å². The number of hydrogen-bond donors (Lipinski definition) is 1. The number of carbonyl (C=O) groups excluding carboxylic acids is 1. The van der Waals surface area contributed by atoms with Crippen LogP contribution in [0.2, 0.25) is 0 Å². The Balaban J connectivity index is 1.60. The molecule has 0 heterocycles. The van der Waals surface area contributed by atoms with E-state index < -0.39 is 6.10 Å². The SMILES string of the molecule is Cc1cccc(CNC(=O)C(C)Oc2ccc3ccccc3c2)c1. The molecule has 3 rings (SSSR count). The number of rotatable bonds is 5. The van der Waals surface area contributed by atoms with Gasteiger partial charge in [0.1, 0.15) is 5.75 Å². The van der Waals surface area contributed by atoms with Crippen molar-refractivity contribution in [1.82, 2.24) is 5.32 Å². The van der Waals surface area contributed by atoms with E-state index in [4.69, 9.17) is 4.74 Å². The maximum Gasteiger partial charge on any atom is 0.261 e. The summed E-state index contributed by atoms with van der Waals surface area (Å²) in [5.41, 5.74) is 2.27. The lowest BCUT2D eigenvalue weighted by Gasteiger charge is -2.15. The molecule has 1 unspecified atom stereocenters. The molecule has 0 aromatic heterocycles. The van der Waals surface area contributed by atoms with Gasteiger partial charge in [0, 0.05) is 6.54 Å². The average Bonchev–Trinajstić information content (AvgIpc) is 2.59. The molecule has 1 atom stereocenters. The van der Waals surface area contributed by atoms with Crippen molar-refractivity contribution in [1.29, 1.82) is 0 Å². The Labute approximate surface area is 142 Å². The van der Waals surface area contributed by atoms with E-state index in [0.29, 0.717) is 12.3 Å². The first kappa shape index (κ1) is 16.1. The average molecular weight is 319 g/mol. The Bertz CT molecular complexity index is 857. The minimum Gasteiger partial charge on any atom is -0.481 e. The van der Waals surface area contributed by atoms with Gasteiger partial charge in [0.05, 0.1) is 0 Å². The fraction of sp³-hybridized carbons (Fsp3) is 0.190. The van der Waals surface area contributed by atoms with Crippen molar-refractivity contribution in [3.05, 3.63) is 77.9 Å². The van der Waals surface area contributed by atoms with Crippen molar-refractivity contribution >= 4 is 16.7 Å². The van der Waals surface area contributed by atoms with Crippen molar-refractivity contribution in [2.45, 2.75) is 26.5 Å². The Morgan fingerprint density at radius 1 is 1.00 bits per heavy atom. The molecule has 0 aliphatic rings. The number of nitrogens with one attached hydrogen (secondary N) is 1. The van der Waals surface area contributed by atoms with Gasteiger partial charge in [-0.05, 0) is 42.3 Å². The molecule has 24 heavy (non-hydrogen) atoms. The van der Waals surface area contributed by atoms with Crippen LogP contribution in [-0.2, 0) is 11.3 Å². The highest BCUT2D eigenvalue weighted by Crippen LogP contribution is 2.21. The molecule has 0 bridgehead atoms. The fourth-order valence-electron chi connectivity index (χ4n) is 2.65. The molecule has 0 radical (unpaired) electrons. The van der Waals surface area contributed by atoms with Crippen LogP contribution in [0.3, 0.4) is 0 Å². The summed E-state index contributed by atoms with van der Waals surface area (Å²) in [6, 6.07) is 22.0. The Morgan fingerprint density at radius 2 is 1.79 bits per heavy atom. The van der Waals surface area contributed by atoms with Gasteiger partial charge in [0.2, 0.25) is 0 Å². The monoisotopic (exact) mass is 319 g/mol. The molecule has 0 aliphatic carbocycles. The molecular weight excluding hydrogens is 298 g/mol. The van der Waals surface area contributed by atoms with Crippen LogP contribution < -0.4 is 10.1 Å². The van der Waals surface area contributed by atoms with Gasteiger partial charge in [-0.1, -0.05) is 60.2 Å². The standard InChI is InChI=1S/C21H21NO2/c1-15-6-5-7-17(12-15)14-22-21(23)16(2)24-20-11-10-18-8-3-4-9-19(18)13-20/h3-13,16H,14H2,1-2H3,(H,22,23). The second-order valence-electron chi connectivity index (χ2n) is 5.98. The van der Waals surface area contributed by atoms with Crippen molar-refractivity contribution < 1.29 is 9.53 Å². The van der Waals surface area contributed by atoms with E-state index in [0.717, 1.165) is 16.3 Å². The van der Waals surface area contributed by atoms with Gasteiger partial charge in [-0.15, -0.1) is 0 Å². The largest absolute Gasteiger partial charge is 0.481 e. The van der Waals surface area contributed by atoms with Gasteiger partial charge >= 0.3 is 0 Å². The minimum absolute atomic E-state index is 0.121. The second kappa shape index (κ2) is 7.18. The van der Waals surface area contributed by atoms with Crippen LogP contribution in [0.25, 0.3) is 10.8 Å². The van der Waals surface area contributed by atoms with Crippen LogP contribution in [0, 0.1) is 6.92 Å². The molecule has 122 valence electrons. The topological polar surface area (TPSA) is 38.3 Å². The molecule has 1 amide bonds. The first-order chi connectivity index (χ1) is 11.6. The molecule has 3 aromatic rings. The number of fused-ring (bicyclic) bond motifs is 1. The smallest absolute Gasteiger partial charge is 0.261 e. The Kier molecular flexibility index (Phi) is 4.80. The van der Waals surface area contributed by atoms with Crippen molar-refractivity contribution in [2.75, 3.05) is 0 Å². The lowest BCUT2D eigenvalue weighted by atomic mass is 10.1. The predicted molar refractivity (Wildman–Crippen MR) is 97.1 cm³/mol. The summed E-state index contributed by atoms with van der Waals surface area (Å²) in [7, 11) is 0. The molecule has 1 N–H and O–H groups in total. The number of benzene rings is 3. The van der Waals surface area contributed by atoms with Crippen LogP contribution in [0.1, 0.15) is 18.1 Å². The Morgan fingerprint density at radius 3 is 2.58 bits per heavy atom. The van der Waals surface area contributed by atoms with Crippen LogP contribution in [0.4, 0.5) is 0 Å². The van der Waals surface area contributed by atoms with Crippen LogP contribution >= 0.6 is 0 Å². The van der Waals surface area contributed by atoms with Crippen LogP contribution in [0.15, 0.2) is 66.7 Å². The highest BCUT2D eigenvalue weighted by atomic mass is 16.5. The molecular formula is C21H21NO2. The van der Waals surface area contributed by atoms with Crippen LogP contribution in [0.5, 0.6) is 5.75 Å². The molecule has 0 saturated heterocycles. The first-order valence-electron chi connectivity index (χ1n) is 8.10. The van der Waals surface area contributed by atoms with E-state index in [1.165, 1.54) is 5.56 Å². The summed E-state index contributed by atoms with van der Waals surface area (Å²) in [4.78, 5) is 12.2. The predicted octanol–water partition coefficient (Wildman–Crippen LogP) is 4.23. The molecule has 0 spiro atoms. The zero-order chi connectivity index (χ0) is 16.9. The number of amides is 1. The first-order valence-corrected chi connectivity index (χ1v) is 8.10. The second-order valence-corrected chi connectivity index (χ2v) is 5.98. The van der Waals surface area contributed by atoms with Crippen molar-refractivity contribution in [3.63, 3.8) is 0 Å². The highest BCUT2D eigenvalue weighted by Gasteiger charge is 2.14. The molecule has 0 saturated carbocycles. The van der Waals surface area contributed by atoms with Gasteiger partial charge in [0.25, 0.3) is 5.91 Å². The molecule has 3 nitrogen and oxygen atoms in total. The Hall–Kier alpha value is -2.81. The van der Waals surface area contributed by atoms with E-state index in [2.05, 4.69) is 17.4 Å². The maximum absolute atomic E-state index is 12.2. The summed E-state index contributed by atoms with van der Waals surface area (Å²) in [5.74, 6) is 0.580. The lowest BCUT2D eigenvalue weighted by molar-refractivity contribution is -0.127. The summed E-state index contributed by atoms with van der Waals surface area (Å²) in [6.45, 7) is 4.31. The van der Waals surface area contributed by atoms with E-state index in [-0.39, 0.29) is 5.91 Å². The molecule has 0 aliphatic heterocycles. The third-order valence-corrected chi connectivity index (χ3v) is 3.95. The van der Waals surface area contributed by atoms with E-state index in [9.17, 15) is 4.79 Å². The normalized spacial score (nSPS) is 11.9. The fourth-order valence-corrected chi connectivity index (χ4v) is 2.65. The van der Waals surface area contributed by atoms with Gasteiger partial charge in [-0.2, -0.15) is 0 Å². The van der Waals surface area contributed by atoms with E-state index >= 15 is 0 Å². The van der Waals surface area contributed by atoms with Crippen LogP contribution in [-0.4, -0.2) is 12.0 Å². The lowest BCUT2D eigenvalue weighted by Crippen LogP contribution is -2.35. The third-order valence-electron chi connectivity index (χ3n) is 3.95. The molecule has 0 fully saturated rings. The highest BCUT2D eigenvalue weighted by molar-refractivity contribution is 5.84. The van der Waals surface area contributed by atoms with Gasteiger partial charge in [-0.25, -0.2) is 0 Å². The minimum atomic E-state index is -0.545. The zero-order valence-electron chi connectivity index (χ0n) is 14.0. The summed E-state index contributed by atoms with van der Waals surface area (Å²) >= 11 is 0. The van der Waals surface area contributed by atoms with Gasteiger partial charge in [-0.3, -0.25) is 4.79 Å². The van der Waals surface area contributed by atoms with E-state index in [1.54, 1.807) is 6.92 Å². The number of carbonyl (C=O) groups is 1. The number of ether oxygens (including phenoxy) is 1. The quantitative estimate of drug-likeness (QED) is 0.764. The van der Waals surface area contributed by atoms with Gasteiger partial charge in [0.15, 0.2) is 6.10 Å². The summed E-state index contributed by atoms with van der Waals surface area (Å²) < 4.78 is 5.78.